The number of halogens is 4. The number of anilines is 1. The first-order valence-electron chi connectivity index (χ1n) is 6.73. The van der Waals surface area contributed by atoms with Crippen molar-refractivity contribution in [3.05, 3.63) is 63.6 Å². The fraction of sp³-hybridized carbons (Fsp3) is 0.125. The normalized spacial score (nSPS) is 10.4. The highest BCUT2D eigenvalue weighted by Gasteiger charge is 2.18. The number of para-hydroxylation sites is 1. The molecular weight excluding hydrogens is 361 g/mol. The van der Waals surface area contributed by atoms with Gasteiger partial charge in [0.25, 0.3) is 5.91 Å². The highest BCUT2D eigenvalue weighted by molar-refractivity contribution is 6.39. The number of amides is 2. The maximum Gasteiger partial charge on any atom is 0.254 e. The van der Waals surface area contributed by atoms with Crippen LogP contribution in [0.15, 0.2) is 36.4 Å². The molecule has 0 unspecified atom stereocenters. The maximum atomic E-state index is 13.2. The van der Waals surface area contributed by atoms with Gasteiger partial charge in [-0.3, -0.25) is 9.59 Å². The van der Waals surface area contributed by atoms with Gasteiger partial charge in [-0.15, -0.1) is 0 Å². The Labute approximate surface area is 147 Å². The molecule has 126 valence electrons. The molecule has 0 radical (unpaired) electrons. The minimum absolute atomic E-state index is 0.196. The number of benzene rings is 2. The molecule has 0 aliphatic heterocycles. The molecule has 0 heterocycles. The number of carbonyl (C=O) groups excluding carboxylic acids is 2. The summed E-state index contributed by atoms with van der Waals surface area (Å²) in [6.45, 7) is -0.349. The van der Waals surface area contributed by atoms with Crippen molar-refractivity contribution in [1.29, 1.82) is 0 Å². The number of hydrogen-bond acceptors (Lipinski definition) is 2. The summed E-state index contributed by atoms with van der Waals surface area (Å²) >= 11 is 11.9. The van der Waals surface area contributed by atoms with Crippen LogP contribution in [0.25, 0.3) is 0 Å². The first-order chi connectivity index (χ1) is 11.3. The Balaban J connectivity index is 2.07. The lowest BCUT2D eigenvalue weighted by atomic mass is 10.2. The minimum atomic E-state index is -0.876. The molecule has 2 amide bonds. The van der Waals surface area contributed by atoms with Crippen LogP contribution in [0.3, 0.4) is 0 Å². The molecule has 8 heteroatoms. The van der Waals surface area contributed by atoms with E-state index in [1.807, 2.05) is 0 Å². The first kappa shape index (κ1) is 18.2. The van der Waals surface area contributed by atoms with Crippen LogP contribution < -0.4 is 5.32 Å². The van der Waals surface area contributed by atoms with Gasteiger partial charge in [-0.2, -0.15) is 0 Å². The molecule has 0 saturated heterocycles. The molecule has 0 spiro atoms. The van der Waals surface area contributed by atoms with E-state index in [2.05, 4.69) is 5.32 Å². The van der Waals surface area contributed by atoms with Crippen LogP contribution in [0.5, 0.6) is 0 Å². The van der Waals surface area contributed by atoms with E-state index in [0.717, 1.165) is 17.0 Å². The number of nitrogens with one attached hydrogen (secondary N) is 1. The fourth-order valence-electron chi connectivity index (χ4n) is 1.98. The summed E-state index contributed by atoms with van der Waals surface area (Å²) in [5, 5.41) is 2.99. The van der Waals surface area contributed by atoms with E-state index in [9.17, 15) is 18.4 Å². The standard InChI is InChI=1S/C16H12Cl2F2N2O2/c1-22(16(24)9-5-10(19)7-11(20)6-9)8-14(23)21-15-12(17)3-2-4-13(15)18/h2-7H,8H2,1H3,(H,21,23). The van der Waals surface area contributed by atoms with Gasteiger partial charge < -0.3 is 10.2 Å². The first-order valence-corrected chi connectivity index (χ1v) is 7.49. The predicted molar refractivity (Wildman–Crippen MR) is 88.4 cm³/mol. The van der Waals surface area contributed by atoms with E-state index < -0.39 is 23.4 Å². The number of nitrogens with zero attached hydrogens (tertiary/aromatic N) is 1. The number of likely N-dealkylation sites (N-methyl/N-ethyl adjacent to an activating group) is 1. The molecule has 0 fully saturated rings. The van der Waals surface area contributed by atoms with Crippen LogP contribution in [0.2, 0.25) is 10.0 Å². The maximum absolute atomic E-state index is 13.2. The van der Waals surface area contributed by atoms with Crippen molar-refractivity contribution >= 4 is 40.7 Å². The molecule has 1 N–H and O–H groups in total. The van der Waals surface area contributed by atoms with E-state index >= 15 is 0 Å². The number of carbonyl (C=O) groups is 2. The zero-order valence-corrected chi connectivity index (χ0v) is 14.0. The predicted octanol–water partition coefficient (Wildman–Crippen LogP) is 3.98. The molecular formula is C16H12Cl2F2N2O2. The average molecular weight is 373 g/mol. The van der Waals surface area contributed by atoms with Gasteiger partial charge >= 0.3 is 0 Å². The van der Waals surface area contributed by atoms with Gasteiger partial charge in [0.1, 0.15) is 11.6 Å². The molecule has 24 heavy (non-hydrogen) atoms. The van der Waals surface area contributed by atoms with E-state index in [1.54, 1.807) is 18.2 Å². The second-order valence-corrected chi connectivity index (χ2v) is 5.78. The molecule has 0 saturated carbocycles. The Morgan fingerprint density at radius 2 is 1.62 bits per heavy atom. The third-order valence-corrected chi connectivity index (χ3v) is 3.69. The molecule has 4 nitrogen and oxygen atoms in total. The Kier molecular flexibility index (Phi) is 5.75. The van der Waals surface area contributed by atoms with E-state index in [4.69, 9.17) is 23.2 Å². The summed E-state index contributed by atoms with van der Waals surface area (Å²) in [6, 6.07) is 7.16. The fourth-order valence-corrected chi connectivity index (χ4v) is 2.47. The lowest BCUT2D eigenvalue weighted by molar-refractivity contribution is -0.116. The van der Waals surface area contributed by atoms with Crippen molar-refractivity contribution < 1.29 is 18.4 Å². The third-order valence-electron chi connectivity index (χ3n) is 3.06. The summed E-state index contributed by atoms with van der Waals surface area (Å²) in [7, 11) is 1.33. The van der Waals surface area contributed by atoms with Gasteiger partial charge in [-0.25, -0.2) is 8.78 Å². The van der Waals surface area contributed by atoms with Crippen molar-refractivity contribution in [3.8, 4) is 0 Å². The average Bonchev–Trinajstić information content (AvgIpc) is 2.49. The molecule has 0 aromatic heterocycles. The Morgan fingerprint density at radius 1 is 1.08 bits per heavy atom. The molecule has 0 aliphatic rings. The Bertz CT molecular complexity index is 759. The lowest BCUT2D eigenvalue weighted by Gasteiger charge is -2.17. The van der Waals surface area contributed by atoms with Gasteiger partial charge in [0.15, 0.2) is 0 Å². The highest BCUT2D eigenvalue weighted by atomic mass is 35.5. The van der Waals surface area contributed by atoms with Gasteiger partial charge in [0.2, 0.25) is 5.91 Å². The summed E-state index contributed by atoms with van der Waals surface area (Å²) in [5.74, 6) is -3.01. The van der Waals surface area contributed by atoms with Gasteiger partial charge in [0.05, 0.1) is 22.3 Å². The van der Waals surface area contributed by atoms with Crippen LogP contribution >= 0.6 is 23.2 Å². The molecule has 2 aromatic rings. The van der Waals surface area contributed by atoms with Gasteiger partial charge in [-0.05, 0) is 24.3 Å². The van der Waals surface area contributed by atoms with Crippen LogP contribution in [0.4, 0.5) is 14.5 Å². The van der Waals surface area contributed by atoms with Crippen LogP contribution in [0.1, 0.15) is 10.4 Å². The Hall–Kier alpha value is -2.18. The topological polar surface area (TPSA) is 49.4 Å². The van der Waals surface area contributed by atoms with Crippen LogP contribution in [-0.2, 0) is 4.79 Å². The lowest BCUT2D eigenvalue weighted by Crippen LogP contribution is -2.35. The molecule has 0 aliphatic carbocycles. The summed E-state index contributed by atoms with van der Waals surface area (Å²) in [4.78, 5) is 25.2. The van der Waals surface area contributed by atoms with Crippen molar-refractivity contribution in [2.24, 2.45) is 0 Å². The summed E-state index contributed by atoms with van der Waals surface area (Å²) in [5.41, 5.74) is 0.0297. The molecule has 2 rings (SSSR count). The molecule has 0 bridgehead atoms. The van der Waals surface area contributed by atoms with Crippen molar-refractivity contribution in [2.75, 3.05) is 18.9 Å². The smallest absolute Gasteiger partial charge is 0.254 e. The zero-order valence-electron chi connectivity index (χ0n) is 12.4. The summed E-state index contributed by atoms with van der Waals surface area (Å²) < 4.78 is 26.3. The monoisotopic (exact) mass is 372 g/mol. The van der Waals surface area contributed by atoms with Crippen LogP contribution in [-0.4, -0.2) is 30.3 Å². The summed E-state index contributed by atoms with van der Waals surface area (Å²) in [6.07, 6.45) is 0. The highest BCUT2D eigenvalue weighted by Crippen LogP contribution is 2.29. The van der Waals surface area contributed by atoms with Gasteiger partial charge in [0, 0.05) is 18.7 Å². The third kappa shape index (κ3) is 4.43. The largest absolute Gasteiger partial charge is 0.332 e. The van der Waals surface area contributed by atoms with Crippen molar-refractivity contribution in [1.82, 2.24) is 4.90 Å². The van der Waals surface area contributed by atoms with E-state index in [1.165, 1.54) is 7.05 Å². The number of rotatable bonds is 4. The minimum Gasteiger partial charge on any atom is -0.332 e. The second-order valence-electron chi connectivity index (χ2n) is 4.96. The van der Waals surface area contributed by atoms with Gasteiger partial charge in [-0.1, -0.05) is 29.3 Å². The van der Waals surface area contributed by atoms with E-state index in [-0.39, 0.29) is 27.8 Å². The molecule has 2 aromatic carbocycles. The second kappa shape index (κ2) is 7.59. The quantitative estimate of drug-likeness (QED) is 0.882. The Morgan fingerprint density at radius 3 is 2.17 bits per heavy atom. The zero-order chi connectivity index (χ0) is 17.9. The van der Waals surface area contributed by atoms with Crippen molar-refractivity contribution in [2.45, 2.75) is 0 Å². The SMILES string of the molecule is CN(CC(=O)Nc1c(Cl)cccc1Cl)C(=O)c1cc(F)cc(F)c1. The van der Waals surface area contributed by atoms with E-state index in [0.29, 0.717) is 6.07 Å². The number of hydrogen-bond donors (Lipinski definition) is 1. The van der Waals surface area contributed by atoms with Crippen molar-refractivity contribution in [3.63, 3.8) is 0 Å². The molecule has 0 atom stereocenters. The van der Waals surface area contributed by atoms with Crippen LogP contribution in [0, 0.1) is 11.6 Å².